The van der Waals surface area contributed by atoms with Gasteiger partial charge < -0.3 is 9.80 Å². The van der Waals surface area contributed by atoms with Gasteiger partial charge in [-0.3, -0.25) is 4.79 Å². The third-order valence-electron chi connectivity index (χ3n) is 4.63. The number of likely N-dealkylation sites (N-methyl/N-ethyl adjacent to an activating group) is 1. The van der Waals surface area contributed by atoms with Gasteiger partial charge >= 0.3 is 0 Å². The van der Waals surface area contributed by atoms with Gasteiger partial charge in [0.15, 0.2) is 0 Å². The maximum absolute atomic E-state index is 13.2. The molecule has 1 fully saturated rings. The van der Waals surface area contributed by atoms with E-state index in [2.05, 4.69) is 25.9 Å². The average molecular weight is 306 g/mol. The Bertz CT molecular complexity index is 486. The average Bonchev–Trinajstić information content (AvgIpc) is 2.52. The fraction of sp³-hybridized carbons (Fsp3) is 0.611. The molecule has 0 radical (unpaired) electrons. The van der Waals surface area contributed by atoms with E-state index in [0.29, 0.717) is 12.5 Å². The Kier molecular flexibility index (Phi) is 5.95. The van der Waals surface area contributed by atoms with E-state index in [9.17, 15) is 9.18 Å². The van der Waals surface area contributed by atoms with E-state index < -0.39 is 0 Å². The molecule has 22 heavy (non-hydrogen) atoms. The quantitative estimate of drug-likeness (QED) is 0.833. The van der Waals surface area contributed by atoms with Crippen molar-refractivity contribution in [3.05, 3.63) is 35.6 Å². The highest BCUT2D eigenvalue weighted by atomic mass is 19.1. The second-order valence-corrected chi connectivity index (χ2v) is 6.42. The van der Waals surface area contributed by atoms with Crippen molar-refractivity contribution >= 4 is 5.91 Å². The number of amides is 1. The molecule has 0 saturated carbocycles. The fourth-order valence-electron chi connectivity index (χ4n) is 3.31. The Labute approximate surface area is 133 Å². The summed E-state index contributed by atoms with van der Waals surface area (Å²) in [5.41, 5.74) is 1.12. The standard InChI is InChI=1S/C18H27FN2O/c1-4-5-6-18(22)21-12-11-17(20(2)3)16(13-21)14-7-9-15(19)10-8-14/h7-10,16-17H,4-6,11-13H2,1-3H3/t16-,17+/m1/s1. The van der Waals surface area contributed by atoms with Crippen LogP contribution in [-0.2, 0) is 4.79 Å². The minimum atomic E-state index is -0.211. The van der Waals surface area contributed by atoms with Gasteiger partial charge in [0.1, 0.15) is 5.82 Å². The van der Waals surface area contributed by atoms with E-state index >= 15 is 0 Å². The molecule has 1 heterocycles. The molecule has 3 nitrogen and oxygen atoms in total. The summed E-state index contributed by atoms with van der Waals surface area (Å²) in [4.78, 5) is 16.5. The lowest BCUT2D eigenvalue weighted by atomic mass is 9.85. The molecule has 1 aromatic carbocycles. The van der Waals surface area contributed by atoms with Crippen LogP contribution in [0.2, 0.25) is 0 Å². The lowest BCUT2D eigenvalue weighted by Crippen LogP contribution is -2.49. The normalized spacial score (nSPS) is 22.1. The number of rotatable bonds is 5. The van der Waals surface area contributed by atoms with Gasteiger partial charge in [0, 0.05) is 31.5 Å². The molecule has 0 N–H and O–H groups in total. The van der Waals surface area contributed by atoms with Crippen LogP contribution in [0.1, 0.15) is 44.1 Å². The Hall–Kier alpha value is -1.42. The minimum Gasteiger partial charge on any atom is -0.342 e. The summed E-state index contributed by atoms with van der Waals surface area (Å²) in [6.45, 7) is 3.66. The number of carbonyl (C=O) groups excluding carboxylic acids is 1. The van der Waals surface area contributed by atoms with Crippen LogP contribution in [0, 0.1) is 5.82 Å². The second-order valence-electron chi connectivity index (χ2n) is 6.42. The first-order chi connectivity index (χ1) is 10.5. The number of piperidine rings is 1. The molecule has 2 rings (SSSR count). The molecule has 1 saturated heterocycles. The second kappa shape index (κ2) is 7.73. The van der Waals surface area contributed by atoms with Crippen LogP contribution < -0.4 is 0 Å². The molecular weight excluding hydrogens is 279 g/mol. The van der Waals surface area contributed by atoms with Crippen LogP contribution in [0.3, 0.4) is 0 Å². The van der Waals surface area contributed by atoms with Gasteiger partial charge in [0.05, 0.1) is 0 Å². The van der Waals surface area contributed by atoms with Gasteiger partial charge in [-0.15, -0.1) is 0 Å². The minimum absolute atomic E-state index is 0.211. The summed E-state index contributed by atoms with van der Waals surface area (Å²) in [5, 5.41) is 0. The summed E-state index contributed by atoms with van der Waals surface area (Å²) < 4.78 is 13.2. The number of nitrogens with zero attached hydrogens (tertiary/aromatic N) is 2. The molecule has 2 atom stereocenters. The molecule has 1 aliphatic heterocycles. The summed E-state index contributed by atoms with van der Waals surface area (Å²) in [7, 11) is 4.16. The molecule has 1 aliphatic rings. The Morgan fingerprint density at radius 2 is 2.00 bits per heavy atom. The van der Waals surface area contributed by atoms with Crippen molar-refractivity contribution in [2.45, 2.75) is 44.6 Å². The van der Waals surface area contributed by atoms with Crippen molar-refractivity contribution in [2.24, 2.45) is 0 Å². The molecule has 0 unspecified atom stereocenters. The van der Waals surface area contributed by atoms with Crippen molar-refractivity contribution in [1.82, 2.24) is 9.80 Å². The van der Waals surface area contributed by atoms with E-state index in [4.69, 9.17) is 0 Å². The van der Waals surface area contributed by atoms with Crippen LogP contribution in [0.15, 0.2) is 24.3 Å². The van der Waals surface area contributed by atoms with Crippen molar-refractivity contribution in [2.75, 3.05) is 27.2 Å². The van der Waals surface area contributed by atoms with E-state index in [0.717, 1.165) is 37.9 Å². The van der Waals surface area contributed by atoms with Crippen LogP contribution in [0.5, 0.6) is 0 Å². The van der Waals surface area contributed by atoms with Crippen LogP contribution in [-0.4, -0.2) is 48.9 Å². The van der Waals surface area contributed by atoms with Gasteiger partial charge in [0.2, 0.25) is 5.91 Å². The third kappa shape index (κ3) is 4.07. The van der Waals surface area contributed by atoms with E-state index in [1.54, 1.807) is 0 Å². The number of benzene rings is 1. The number of hydrogen-bond donors (Lipinski definition) is 0. The first-order valence-corrected chi connectivity index (χ1v) is 8.22. The SMILES string of the molecule is CCCCC(=O)N1CC[C@H](N(C)C)[C@@H](c2ccc(F)cc2)C1. The van der Waals surface area contributed by atoms with E-state index in [1.807, 2.05) is 17.0 Å². The Morgan fingerprint density at radius 1 is 1.32 bits per heavy atom. The predicted molar refractivity (Wildman–Crippen MR) is 87.3 cm³/mol. The third-order valence-corrected chi connectivity index (χ3v) is 4.63. The first-order valence-electron chi connectivity index (χ1n) is 8.22. The van der Waals surface area contributed by atoms with Crippen molar-refractivity contribution < 1.29 is 9.18 Å². The smallest absolute Gasteiger partial charge is 0.222 e. The molecule has 4 heteroatoms. The number of unbranched alkanes of at least 4 members (excludes halogenated alkanes) is 1. The maximum atomic E-state index is 13.2. The Balaban J connectivity index is 2.14. The summed E-state index contributed by atoms with van der Waals surface area (Å²) in [6.07, 6.45) is 3.60. The lowest BCUT2D eigenvalue weighted by molar-refractivity contribution is -0.133. The summed E-state index contributed by atoms with van der Waals surface area (Å²) >= 11 is 0. The van der Waals surface area contributed by atoms with Gasteiger partial charge in [-0.25, -0.2) is 4.39 Å². The molecule has 122 valence electrons. The number of halogens is 1. The van der Waals surface area contributed by atoms with Crippen molar-refractivity contribution in [3.63, 3.8) is 0 Å². The van der Waals surface area contributed by atoms with Crippen molar-refractivity contribution in [1.29, 1.82) is 0 Å². The van der Waals surface area contributed by atoms with E-state index in [1.165, 1.54) is 12.1 Å². The summed E-state index contributed by atoms with van der Waals surface area (Å²) in [6, 6.07) is 7.13. The summed E-state index contributed by atoms with van der Waals surface area (Å²) in [5.74, 6) is 0.290. The number of carbonyl (C=O) groups is 1. The molecule has 0 spiro atoms. The largest absolute Gasteiger partial charge is 0.342 e. The molecule has 1 amide bonds. The molecular formula is C18H27FN2O. The van der Waals surface area contributed by atoms with Crippen molar-refractivity contribution in [3.8, 4) is 0 Å². The molecule has 1 aromatic rings. The van der Waals surface area contributed by atoms with Crippen LogP contribution >= 0.6 is 0 Å². The maximum Gasteiger partial charge on any atom is 0.222 e. The highest BCUT2D eigenvalue weighted by Gasteiger charge is 2.33. The molecule has 0 aromatic heterocycles. The first kappa shape index (κ1) is 16.9. The number of hydrogen-bond acceptors (Lipinski definition) is 2. The fourth-order valence-corrected chi connectivity index (χ4v) is 3.31. The topological polar surface area (TPSA) is 23.6 Å². The zero-order chi connectivity index (χ0) is 16.1. The van der Waals surface area contributed by atoms with Gasteiger partial charge in [-0.05, 0) is 44.6 Å². The number of likely N-dealkylation sites (tertiary alicyclic amines) is 1. The highest BCUT2D eigenvalue weighted by Crippen LogP contribution is 2.30. The zero-order valence-corrected chi connectivity index (χ0v) is 13.9. The van der Waals surface area contributed by atoms with Gasteiger partial charge in [-0.2, -0.15) is 0 Å². The highest BCUT2D eigenvalue weighted by molar-refractivity contribution is 5.76. The molecule has 0 aliphatic carbocycles. The predicted octanol–water partition coefficient (Wildman–Crippen LogP) is 3.26. The van der Waals surface area contributed by atoms with Crippen LogP contribution in [0.25, 0.3) is 0 Å². The zero-order valence-electron chi connectivity index (χ0n) is 13.9. The monoisotopic (exact) mass is 306 g/mol. The molecule has 0 bridgehead atoms. The van der Waals surface area contributed by atoms with E-state index in [-0.39, 0.29) is 17.6 Å². The lowest BCUT2D eigenvalue weighted by Gasteiger charge is -2.42. The van der Waals surface area contributed by atoms with Gasteiger partial charge in [-0.1, -0.05) is 25.5 Å². The van der Waals surface area contributed by atoms with Crippen LogP contribution in [0.4, 0.5) is 4.39 Å². The Morgan fingerprint density at radius 3 is 2.59 bits per heavy atom. The van der Waals surface area contributed by atoms with Gasteiger partial charge in [0.25, 0.3) is 0 Å².